The summed E-state index contributed by atoms with van der Waals surface area (Å²) < 4.78 is 5.54. The topological polar surface area (TPSA) is 51.8 Å². The summed E-state index contributed by atoms with van der Waals surface area (Å²) in [4.78, 5) is 3.94. The molecule has 0 aliphatic carbocycles. The van der Waals surface area contributed by atoms with Crippen LogP contribution in [0.5, 0.6) is 0 Å². The quantitative estimate of drug-likeness (QED) is 0.613. The second kappa shape index (κ2) is 5.63. The molecule has 0 unspecified atom stereocenters. The lowest BCUT2D eigenvalue weighted by Crippen LogP contribution is -1.77. The summed E-state index contributed by atoms with van der Waals surface area (Å²) >= 11 is 1.53. The number of aromatic nitrogens is 3. The number of hydrogen-bond acceptors (Lipinski definition) is 5. The number of thioether (sulfide) groups is 1. The average molecular weight is 247 g/mol. The largest absolute Gasteiger partial charge is 0.411 e. The third-order valence-electron chi connectivity index (χ3n) is 2.03. The highest BCUT2D eigenvalue weighted by Crippen LogP contribution is 2.22. The molecule has 0 bridgehead atoms. The number of hydrogen-bond donors (Lipinski definition) is 0. The van der Waals surface area contributed by atoms with Crippen molar-refractivity contribution in [3.63, 3.8) is 0 Å². The summed E-state index contributed by atoms with van der Waals surface area (Å²) in [6.07, 6.45) is 5.53. The Bertz CT molecular complexity index is 503. The first kappa shape index (κ1) is 11.9. The van der Waals surface area contributed by atoms with Gasteiger partial charge in [-0.25, -0.2) is 0 Å². The maximum Gasteiger partial charge on any atom is 0.277 e. The van der Waals surface area contributed by atoms with E-state index in [1.165, 1.54) is 17.3 Å². The Labute approximate surface area is 104 Å². The molecule has 0 N–H and O–H groups in total. The molecule has 88 valence electrons. The van der Waals surface area contributed by atoms with Crippen LogP contribution in [0.2, 0.25) is 0 Å². The highest BCUT2D eigenvalue weighted by Gasteiger charge is 2.07. The lowest BCUT2D eigenvalue weighted by molar-refractivity contribution is 0.466. The highest BCUT2D eigenvalue weighted by molar-refractivity contribution is 7.99. The van der Waals surface area contributed by atoms with Gasteiger partial charge in [-0.05, 0) is 26.0 Å². The lowest BCUT2D eigenvalue weighted by atomic mass is 10.3. The van der Waals surface area contributed by atoms with Crippen molar-refractivity contribution in [2.45, 2.75) is 19.1 Å². The zero-order valence-electron chi connectivity index (χ0n) is 9.75. The van der Waals surface area contributed by atoms with Gasteiger partial charge in [0.05, 0.1) is 0 Å². The van der Waals surface area contributed by atoms with Crippen LogP contribution in [-0.2, 0) is 0 Å². The van der Waals surface area contributed by atoms with Gasteiger partial charge in [0.25, 0.3) is 5.22 Å². The molecule has 0 spiro atoms. The van der Waals surface area contributed by atoms with Gasteiger partial charge < -0.3 is 4.42 Å². The molecule has 0 aliphatic rings. The first-order valence-electron chi connectivity index (χ1n) is 5.26. The maximum absolute atomic E-state index is 5.54. The number of pyridine rings is 1. The Morgan fingerprint density at radius 2 is 2.06 bits per heavy atom. The third-order valence-corrected chi connectivity index (χ3v) is 2.78. The first-order chi connectivity index (χ1) is 8.25. The van der Waals surface area contributed by atoms with Crippen molar-refractivity contribution in [3.8, 4) is 11.5 Å². The van der Waals surface area contributed by atoms with E-state index in [9.17, 15) is 0 Å². The van der Waals surface area contributed by atoms with E-state index in [0.717, 1.165) is 11.3 Å². The molecule has 5 heteroatoms. The van der Waals surface area contributed by atoms with E-state index in [0.29, 0.717) is 11.1 Å². The van der Waals surface area contributed by atoms with Gasteiger partial charge in [0.1, 0.15) is 0 Å². The fourth-order valence-electron chi connectivity index (χ4n) is 1.16. The normalized spacial score (nSPS) is 10.2. The fraction of sp³-hybridized carbons (Fsp3) is 0.250. The van der Waals surface area contributed by atoms with Gasteiger partial charge in [-0.1, -0.05) is 23.4 Å². The Hall–Kier alpha value is -1.62. The monoisotopic (exact) mass is 247 g/mol. The van der Waals surface area contributed by atoms with Crippen molar-refractivity contribution in [3.05, 3.63) is 36.2 Å². The number of allylic oxidation sites excluding steroid dienone is 1. The summed E-state index contributed by atoms with van der Waals surface area (Å²) in [6.45, 7) is 4.13. The van der Waals surface area contributed by atoms with Crippen LogP contribution in [0.3, 0.4) is 0 Å². The van der Waals surface area contributed by atoms with Crippen LogP contribution in [0, 0.1) is 0 Å². The van der Waals surface area contributed by atoms with Gasteiger partial charge in [0.15, 0.2) is 0 Å². The van der Waals surface area contributed by atoms with E-state index in [1.54, 1.807) is 12.4 Å². The van der Waals surface area contributed by atoms with Crippen LogP contribution < -0.4 is 0 Å². The van der Waals surface area contributed by atoms with Gasteiger partial charge in [-0.3, -0.25) is 4.98 Å². The molecular weight excluding hydrogens is 234 g/mol. The summed E-state index contributed by atoms with van der Waals surface area (Å²) in [5, 5.41) is 8.58. The summed E-state index contributed by atoms with van der Waals surface area (Å²) in [5.41, 5.74) is 2.17. The molecule has 0 atom stereocenters. The molecule has 4 nitrogen and oxygen atoms in total. The van der Waals surface area contributed by atoms with Crippen molar-refractivity contribution in [1.29, 1.82) is 0 Å². The van der Waals surface area contributed by atoms with Crippen molar-refractivity contribution >= 4 is 11.8 Å². The third kappa shape index (κ3) is 3.42. The molecule has 0 fully saturated rings. The van der Waals surface area contributed by atoms with Gasteiger partial charge >= 0.3 is 0 Å². The van der Waals surface area contributed by atoms with Crippen molar-refractivity contribution < 1.29 is 4.42 Å². The zero-order valence-corrected chi connectivity index (χ0v) is 10.6. The molecular formula is C12H13N3OS. The van der Waals surface area contributed by atoms with Gasteiger partial charge in [-0.2, -0.15) is 0 Å². The van der Waals surface area contributed by atoms with Crippen LogP contribution in [-0.4, -0.2) is 20.9 Å². The zero-order chi connectivity index (χ0) is 12.1. The van der Waals surface area contributed by atoms with E-state index in [2.05, 4.69) is 35.1 Å². The van der Waals surface area contributed by atoms with Crippen molar-refractivity contribution in [1.82, 2.24) is 15.2 Å². The molecule has 2 aromatic rings. The van der Waals surface area contributed by atoms with Crippen LogP contribution >= 0.6 is 11.8 Å². The Balaban J connectivity index is 2.04. The molecule has 0 aromatic carbocycles. The van der Waals surface area contributed by atoms with E-state index in [-0.39, 0.29) is 0 Å². The second-order valence-corrected chi connectivity index (χ2v) is 4.67. The molecule has 0 saturated carbocycles. The molecule has 0 saturated heterocycles. The van der Waals surface area contributed by atoms with E-state index in [1.807, 2.05) is 12.1 Å². The average Bonchev–Trinajstić information content (AvgIpc) is 2.78. The highest BCUT2D eigenvalue weighted by atomic mass is 32.2. The Morgan fingerprint density at radius 3 is 2.76 bits per heavy atom. The first-order valence-corrected chi connectivity index (χ1v) is 6.24. The minimum absolute atomic E-state index is 0.534. The van der Waals surface area contributed by atoms with Crippen LogP contribution in [0.15, 0.2) is 45.8 Å². The predicted molar refractivity (Wildman–Crippen MR) is 67.7 cm³/mol. The minimum Gasteiger partial charge on any atom is -0.411 e. The van der Waals surface area contributed by atoms with Crippen LogP contribution in [0.25, 0.3) is 11.5 Å². The lowest BCUT2D eigenvalue weighted by Gasteiger charge is -1.92. The van der Waals surface area contributed by atoms with Crippen molar-refractivity contribution in [2.75, 3.05) is 5.75 Å². The Kier molecular flexibility index (Phi) is 3.93. The SMILES string of the molecule is CC(C)=CCSc1nnc(-c2ccncc2)o1. The standard InChI is InChI=1S/C12H13N3OS/c1-9(2)5-8-17-12-15-14-11(16-12)10-3-6-13-7-4-10/h3-7H,8H2,1-2H3. The van der Waals surface area contributed by atoms with Gasteiger partial charge in [0, 0.05) is 23.7 Å². The molecule has 2 heterocycles. The molecule has 2 aromatic heterocycles. The van der Waals surface area contributed by atoms with Gasteiger partial charge in [-0.15, -0.1) is 10.2 Å². The van der Waals surface area contributed by atoms with E-state index < -0.39 is 0 Å². The van der Waals surface area contributed by atoms with Crippen LogP contribution in [0.4, 0.5) is 0 Å². The summed E-state index contributed by atoms with van der Waals surface area (Å²) in [5.74, 6) is 1.38. The number of rotatable bonds is 4. The predicted octanol–water partition coefficient (Wildman–Crippen LogP) is 3.19. The number of nitrogens with zero attached hydrogens (tertiary/aromatic N) is 3. The summed E-state index contributed by atoms with van der Waals surface area (Å²) in [7, 11) is 0. The molecule has 0 radical (unpaired) electrons. The summed E-state index contributed by atoms with van der Waals surface area (Å²) in [6, 6.07) is 3.69. The molecule has 0 amide bonds. The van der Waals surface area contributed by atoms with Crippen molar-refractivity contribution in [2.24, 2.45) is 0 Å². The molecule has 2 rings (SSSR count). The smallest absolute Gasteiger partial charge is 0.277 e. The van der Waals surface area contributed by atoms with Crippen LogP contribution in [0.1, 0.15) is 13.8 Å². The second-order valence-electron chi connectivity index (χ2n) is 3.70. The van der Waals surface area contributed by atoms with E-state index in [4.69, 9.17) is 4.42 Å². The maximum atomic E-state index is 5.54. The minimum atomic E-state index is 0.534. The van der Waals surface area contributed by atoms with Gasteiger partial charge in [0.2, 0.25) is 5.89 Å². The van der Waals surface area contributed by atoms with E-state index >= 15 is 0 Å². The Morgan fingerprint density at radius 1 is 1.29 bits per heavy atom. The fourth-order valence-corrected chi connectivity index (χ4v) is 1.95. The molecule has 0 aliphatic heterocycles. The molecule has 17 heavy (non-hydrogen) atoms.